The number of anilines is 1. The molecule has 0 saturated heterocycles. The second-order valence-corrected chi connectivity index (χ2v) is 10.0. The maximum atomic E-state index is 12.8. The Labute approximate surface area is 188 Å². The van der Waals surface area contributed by atoms with Crippen LogP contribution >= 0.6 is 31.9 Å². The summed E-state index contributed by atoms with van der Waals surface area (Å²) in [6, 6.07) is 12.9. The van der Waals surface area contributed by atoms with Crippen molar-refractivity contribution in [2.75, 3.05) is 12.4 Å². The SMILES string of the molecule is COc1cc(C(=O)Nc2ccccc2C(C)NC2CC(Br)CC(Br)C2)ccc1O. The normalized spacial score (nSPS) is 22.7. The molecule has 29 heavy (non-hydrogen) atoms. The van der Waals surface area contributed by atoms with Crippen molar-refractivity contribution >= 4 is 43.5 Å². The van der Waals surface area contributed by atoms with Gasteiger partial charge < -0.3 is 20.5 Å². The van der Waals surface area contributed by atoms with E-state index in [2.05, 4.69) is 49.4 Å². The van der Waals surface area contributed by atoms with Gasteiger partial charge in [-0.15, -0.1) is 0 Å². The van der Waals surface area contributed by atoms with Gasteiger partial charge in [0.15, 0.2) is 11.5 Å². The van der Waals surface area contributed by atoms with E-state index < -0.39 is 0 Å². The van der Waals surface area contributed by atoms with Crippen LogP contribution in [-0.2, 0) is 0 Å². The van der Waals surface area contributed by atoms with Crippen LogP contribution in [0.25, 0.3) is 0 Å². The molecule has 0 aromatic heterocycles. The topological polar surface area (TPSA) is 70.6 Å². The van der Waals surface area contributed by atoms with Gasteiger partial charge in [0, 0.05) is 33.0 Å². The van der Waals surface area contributed by atoms with Crippen LogP contribution < -0.4 is 15.4 Å². The fraction of sp³-hybridized carbons (Fsp3) is 0.409. The van der Waals surface area contributed by atoms with E-state index in [0.717, 1.165) is 30.5 Å². The predicted octanol–water partition coefficient (Wildman–Crippen LogP) is 5.38. The third kappa shape index (κ3) is 5.74. The molecule has 7 heteroatoms. The monoisotopic (exact) mass is 524 g/mol. The minimum atomic E-state index is -0.248. The zero-order valence-electron chi connectivity index (χ0n) is 16.5. The number of methoxy groups -OCH3 is 1. The van der Waals surface area contributed by atoms with Gasteiger partial charge in [0.2, 0.25) is 0 Å². The van der Waals surface area contributed by atoms with Gasteiger partial charge in [-0.1, -0.05) is 50.1 Å². The average Bonchev–Trinajstić information content (AvgIpc) is 2.67. The number of rotatable bonds is 6. The Morgan fingerprint density at radius 1 is 1.14 bits per heavy atom. The minimum absolute atomic E-state index is 0.00458. The van der Waals surface area contributed by atoms with Gasteiger partial charge >= 0.3 is 0 Å². The van der Waals surface area contributed by atoms with E-state index in [1.165, 1.54) is 19.2 Å². The number of carbonyl (C=O) groups excluding carboxylic acids is 1. The third-order valence-electron chi connectivity index (χ3n) is 5.20. The van der Waals surface area contributed by atoms with Gasteiger partial charge in [-0.2, -0.15) is 0 Å². The highest BCUT2D eigenvalue weighted by Gasteiger charge is 2.27. The smallest absolute Gasteiger partial charge is 0.255 e. The summed E-state index contributed by atoms with van der Waals surface area (Å²) in [5, 5.41) is 16.5. The molecule has 156 valence electrons. The summed E-state index contributed by atoms with van der Waals surface area (Å²) in [7, 11) is 1.46. The number of aromatic hydroxyl groups is 1. The van der Waals surface area contributed by atoms with E-state index >= 15 is 0 Å². The molecule has 2 aromatic rings. The number of amides is 1. The predicted molar refractivity (Wildman–Crippen MR) is 124 cm³/mol. The molecule has 1 aliphatic rings. The zero-order valence-corrected chi connectivity index (χ0v) is 19.7. The first-order valence-corrected chi connectivity index (χ1v) is 11.5. The summed E-state index contributed by atoms with van der Waals surface area (Å²) < 4.78 is 5.10. The lowest BCUT2D eigenvalue weighted by atomic mass is 9.93. The number of ether oxygens (including phenoxy) is 1. The maximum absolute atomic E-state index is 12.8. The van der Waals surface area contributed by atoms with Crippen molar-refractivity contribution in [3.8, 4) is 11.5 Å². The summed E-state index contributed by atoms with van der Waals surface area (Å²) >= 11 is 7.50. The van der Waals surface area contributed by atoms with Crippen LogP contribution in [0.3, 0.4) is 0 Å². The zero-order chi connectivity index (χ0) is 21.0. The average molecular weight is 526 g/mol. The number of halogens is 2. The number of hydrogen-bond donors (Lipinski definition) is 3. The van der Waals surface area contributed by atoms with Gasteiger partial charge in [-0.25, -0.2) is 0 Å². The molecule has 0 radical (unpaired) electrons. The summed E-state index contributed by atoms with van der Waals surface area (Å²) in [4.78, 5) is 13.8. The van der Waals surface area contributed by atoms with E-state index in [1.54, 1.807) is 6.07 Å². The first-order chi connectivity index (χ1) is 13.9. The van der Waals surface area contributed by atoms with E-state index in [0.29, 0.717) is 21.3 Å². The molecule has 1 saturated carbocycles. The molecule has 3 atom stereocenters. The van der Waals surface area contributed by atoms with Crippen LogP contribution in [0, 0.1) is 0 Å². The van der Waals surface area contributed by atoms with Gasteiger partial charge in [0.1, 0.15) is 0 Å². The molecule has 0 spiro atoms. The number of phenolic OH excluding ortho intramolecular Hbond substituents is 1. The summed E-state index contributed by atoms with van der Waals surface area (Å²) in [6.45, 7) is 2.12. The van der Waals surface area contributed by atoms with Crippen molar-refractivity contribution in [2.45, 2.75) is 47.9 Å². The number of phenols is 1. The largest absolute Gasteiger partial charge is 0.504 e. The minimum Gasteiger partial charge on any atom is -0.504 e. The molecule has 0 heterocycles. The van der Waals surface area contributed by atoms with Crippen molar-refractivity contribution < 1.29 is 14.6 Å². The van der Waals surface area contributed by atoms with Gasteiger partial charge in [0.05, 0.1) is 7.11 Å². The summed E-state index contributed by atoms with van der Waals surface area (Å²) in [6.07, 6.45) is 3.29. The molecule has 5 nitrogen and oxygen atoms in total. The first kappa shape index (κ1) is 22.1. The van der Waals surface area contributed by atoms with Crippen LogP contribution in [-0.4, -0.2) is 33.8 Å². The Balaban J connectivity index is 1.74. The van der Waals surface area contributed by atoms with Crippen LogP contribution in [0.1, 0.15) is 48.1 Å². The van der Waals surface area contributed by atoms with Crippen LogP contribution in [0.5, 0.6) is 11.5 Å². The fourth-order valence-corrected chi connectivity index (χ4v) is 6.07. The molecule has 1 amide bonds. The molecular formula is C22H26Br2N2O3. The lowest BCUT2D eigenvalue weighted by Crippen LogP contribution is -2.39. The Morgan fingerprint density at radius 2 is 1.83 bits per heavy atom. The number of nitrogens with one attached hydrogen (secondary N) is 2. The Morgan fingerprint density at radius 3 is 2.52 bits per heavy atom. The van der Waals surface area contributed by atoms with Crippen molar-refractivity contribution in [3.63, 3.8) is 0 Å². The lowest BCUT2D eigenvalue weighted by molar-refractivity contribution is 0.102. The molecule has 1 fully saturated rings. The number of carbonyl (C=O) groups is 1. The van der Waals surface area contributed by atoms with Crippen molar-refractivity contribution in [1.29, 1.82) is 0 Å². The third-order valence-corrected chi connectivity index (χ3v) is 6.69. The van der Waals surface area contributed by atoms with Crippen molar-refractivity contribution in [2.24, 2.45) is 0 Å². The van der Waals surface area contributed by atoms with Crippen molar-refractivity contribution in [3.05, 3.63) is 53.6 Å². The quantitative estimate of drug-likeness (QED) is 0.442. The summed E-state index contributed by atoms with van der Waals surface area (Å²) in [5.74, 6) is 0.0264. The molecule has 3 N–H and O–H groups in total. The molecule has 1 aliphatic carbocycles. The second kappa shape index (κ2) is 9.96. The maximum Gasteiger partial charge on any atom is 0.255 e. The second-order valence-electron chi connectivity index (χ2n) is 7.41. The van der Waals surface area contributed by atoms with E-state index in [-0.39, 0.29) is 23.4 Å². The number of para-hydroxylation sites is 1. The highest BCUT2D eigenvalue weighted by Crippen LogP contribution is 2.32. The highest BCUT2D eigenvalue weighted by atomic mass is 79.9. The van der Waals surface area contributed by atoms with E-state index in [4.69, 9.17) is 4.74 Å². The van der Waals surface area contributed by atoms with Crippen molar-refractivity contribution in [1.82, 2.24) is 5.32 Å². The molecule has 2 aromatic carbocycles. The standard InChI is InChI=1S/C22H26Br2N2O3/c1-13(25-17-11-15(23)10-16(24)12-17)18-5-3-4-6-19(18)26-22(28)14-7-8-20(27)21(9-14)29-2/h3-9,13,15-17,25,27H,10-12H2,1-2H3,(H,26,28). The lowest BCUT2D eigenvalue weighted by Gasteiger charge is -2.33. The fourth-order valence-electron chi connectivity index (χ4n) is 3.76. The summed E-state index contributed by atoms with van der Waals surface area (Å²) in [5.41, 5.74) is 2.23. The van der Waals surface area contributed by atoms with Gasteiger partial charge in [-0.3, -0.25) is 4.79 Å². The molecule has 0 aliphatic heterocycles. The number of hydrogen-bond acceptors (Lipinski definition) is 4. The highest BCUT2D eigenvalue weighted by molar-refractivity contribution is 9.10. The molecule has 3 rings (SSSR count). The number of benzene rings is 2. The van der Waals surface area contributed by atoms with Crippen LogP contribution in [0.2, 0.25) is 0 Å². The number of alkyl halides is 2. The van der Waals surface area contributed by atoms with E-state index in [1.807, 2.05) is 24.3 Å². The first-order valence-electron chi connectivity index (χ1n) is 9.68. The Kier molecular flexibility index (Phi) is 7.60. The molecular weight excluding hydrogens is 500 g/mol. The Hall–Kier alpha value is -1.57. The molecule has 3 unspecified atom stereocenters. The van der Waals surface area contributed by atoms with Crippen LogP contribution in [0.15, 0.2) is 42.5 Å². The Bertz CT molecular complexity index is 852. The van der Waals surface area contributed by atoms with Gasteiger partial charge in [-0.05, 0) is 56.0 Å². The molecule has 0 bridgehead atoms. The van der Waals surface area contributed by atoms with Gasteiger partial charge in [0.25, 0.3) is 5.91 Å². The van der Waals surface area contributed by atoms with E-state index in [9.17, 15) is 9.90 Å². The van der Waals surface area contributed by atoms with Crippen LogP contribution in [0.4, 0.5) is 5.69 Å².